The van der Waals surface area contributed by atoms with Crippen LogP contribution in [0.1, 0.15) is 11.1 Å². The minimum absolute atomic E-state index is 0.383. The normalized spacial score (nSPS) is 12.4. The van der Waals surface area contributed by atoms with Gasteiger partial charge < -0.3 is 8.97 Å². The van der Waals surface area contributed by atoms with Gasteiger partial charge in [0.25, 0.3) is 0 Å². The highest BCUT2D eigenvalue weighted by Gasteiger charge is 2.18. The molecule has 1 heterocycles. The smallest absolute Gasteiger partial charge is 0.186 e. The van der Waals surface area contributed by atoms with Crippen LogP contribution in [-0.4, -0.2) is 8.76 Å². The quantitative estimate of drug-likeness (QED) is 0.457. The van der Waals surface area contributed by atoms with Crippen molar-refractivity contribution in [3.63, 3.8) is 0 Å². The molecule has 0 radical (unpaired) electrons. The van der Waals surface area contributed by atoms with Gasteiger partial charge in [-0.1, -0.05) is 54.6 Å². The third kappa shape index (κ3) is 2.77. The van der Waals surface area contributed by atoms with Crippen molar-refractivity contribution in [3.8, 4) is 22.5 Å². The summed E-state index contributed by atoms with van der Waals surface area (Å²) in [5.74, 6) is 0.791. The van der Waals surface area contributed by atoms with Crippen LogP contribution in [0.3, 0.4) is 0 Å². The average Bonchev–Trinajstić information content (AvgIpc) is 2.97. The first-order chi connectivity index (χ1) is 12.6. The highest BCUT2D eigenvalue weighted by Crippen LogP contribution is 2.39. The molecule has 3 aromatic carbocycles. The highest BCUT2D eigenvalue weighted by molar-refractivity contribution is 7.79. The number of fused-ring (bicyclic) bond motifs is 1. The predicted molar refractivity (Wildman–Crippen MR) is 106 cm³/mol. The van der Waals surface area contributed by atoms with Crippen LogP contribution in [0.15, 0.2) is 76.0 Å². The molecule has 4 rings (SSSR count). The molecule has 130 valence electrons. The number of hydrogen-bond acceptors (Lipinski definition) is 2. The zero-order valence-electron chi connectivity index (χ0n) is 14.5. The molecule has 26 heavy (non-hydrogen) atoms. The highest BCUT2D eigenvalue weighted by atomic mass is 32.2. The first kappa shape index (κ1) is 16.8. The zero-order chi connectivity index (χ0) is 18.3. The van der Waals surface area contributed by atoms with Gasteiger partial charge in [-0.25, -0.2) is 4.21 Å². The Kier molecular flexibility index (Phi) is 4.23. The van der Waals surface area contributed by atoms with E-state index in [2.05, 4.69) is 18.2 Å². The van der Waals surface area contributed by atoms with E-state index in [0.717, 1.165) is 39.0 Å². The number of furan rings is 1. The van der Waals surface area contributed by atoms with Crippen LogP contribution in [-0.2, 0) is 11.1 Å². The van der Waals surface area contributed by atoms with Gasteiger partial charge in [-0.05, 0) is 36.6 Å². The topological polar surface area (TPSA) is 50.4 Å². The van der Waals surface area contributed by atoms with Crippen LogP contribution in [0.4, 0.5) is 0 Å². The van der Waals surface area contributed by atoms with Crippen LogP contribution in [0.5, 0.6) is 0 Å². The van der Waals surface area contributed by atoms with E-state index < -0.39 is 11.1 Å². The van der Waals surface area contributed by atoms with Crippen molar-refractivity contribution in [1.82, 2.24) is 0 Å². The fourth-order valence-electron chi connectivity index (χ4n) is 3.35. The summed E-state index contributed by atoms with van der Waals surface area (Å²) < 4.78 is 27.2. The van der Waals surface area contributed by atoms with E-state index in [1.165, 1.54) is 0 Å². The van der Waals surface area contributed by atoms with Crippen molar-refractivity contribution < 1.29 is 13.2 Å². The molecule has 0 aliphatic rings. The summed E-state index contributed by atoms with van der Waals surface area (Å²) in [5, 5.41) is 0.967. The Morgan fingerprint density at radius 1 is 0.885 bits per heavy atom. The molecule has 0 aliphatic heterocycles. The lowest BCUT2D eigenvalue weighted by atomic mass is 9.96. The van der Waals surface area contributed by atoms with E-state index in [4.69, 9.17) is 4.42 Å². The van der Waals surface area contributed by atoms with Gasteiger partial charge in [0.15, 0.2) is 11.1 Å². The van der Waals surface area contributed by atoms with E-state index >= 15 is 0 Å². The molecule has 0 spiro atoms. The van der Waals surface area contributed by atoms with Crippen molar-refractivity contribution in [2.75, 3.05) is 0 Å². The standard InChI is InChI=1S/C22H18O3S/c1-14-12-19-15(2)22(25-20(19)13-21(14)26(23)24)18-11-7-6-10-17(18)16-8-4-3-5-9-16/h3-13H,1-2H3,(H,23,24). The molecule has 0 bridgehead atoms. The van der Waals surface area contributed by atoms with Gasteiger partial charge in [-0.3, -0.25) is 0 Å². The van der Waals surface area contributed by atoms with Crippen LogP contribution < -0.4 is 0 Å². The fraction of sp³-hybridized carbons (Fsp3) is 0.0909. The fourth-order valence-corrected chi connectivity index (χ4v) is 3.89. The number of rotatable bonds is 3. The summed E-state index contributed by atoms with van der Waals surface area (Å²) in [4.78, 5) is 0.383. The van der Waals surface area contributed by atoms with E-state index in [1.54, 1.807) is 6.07 Å². The first-order valence-corrected chi connectivity index (χ1v) is 9.46. The van der Waals surface area contributed by atoms with Gasteiger partial charge in [-0.15, -0.1) is 0 Å². The second-order valence-electron chi connectivity index (χ2n) is 6.33. The van der Waals surface area contributed by atoms with Crippen LogP contribution in [0.25, 0.3) is 33.4 Å². The number of hydrogen-bond donors (Lipinski definition) is 1. The lowest BCUT2D eigenvalue weighted by Crippen LogP contribution is -1.91. The van der Waals surface area contributed by atoms with Crippen molar-refractivity contribution in [3.05, 3.63) is 77.9 Å². The second-order valence-corrected chi connectivity index (χ2v) is 7.27. The third-order valence-electron chi connectivity index (χ3n) is 4.68. The van der Waals surface area contributed by atoms with Crippen molar-refractivity contribution in [2.45, 2.75) is 18.7 Å². The maximum Gasteiger partial charge on any atom is 0.186 e. The monoisotopic (exact) mass is 362 g/mol. The summed E-state index contributed by atoms with van der Waals surface area (Å²) in [5.41, 5.74) is 5.67. The Labute approximate surface area is 154 Å². The Morgan fingerprint density at radius 2 is 1.54 bits per heavy atom. The largest absolute Gasteiger partial charge is 0.456 e. The molecule has 4 aromatic rings. The van der Waals surface area contributed by atoms with Gasteiger partial charge in [0.05, 0.1) is 4.90 Å². The molecule has 0 saturated heterocycles. The Hall–Kier alpha value is -2.69. The number of aryl methyl sites for hydroxylation is 2. The molecule has 1 atom stereocenters. The van der Waals surface area contributed by atoms with Crippen molar-refractivity contribution in [1.29, 1.82) is 0 Å². The van der Waals surface area contributed by atoms with E-state index in [-0.39, 0.29) is 0 Å². The predicted octanol–water partition coefficient (Wildman–Crippen LogP) is 5.96. The molecule has 1 unspecified atom stereocenters. The summed E-state index contributed by atoms with van der Waals surface area (Å²) in [6.07, 6.45) is 0. The molecular weight excluding hydrogens is 344 g/mol. The van der Waals surface area contributed by atoms with Crippen molar-refractivity contribution in [2.24, 2.45) is 0 Å². The van der Waals surface area contributed by atoms with Crippen molar-refractivity contribution >= 4 is 22.0 Å². The van der Waals surface area contributed by atoms with Crippen LogP contribution in [0, 0.1) is 13.8 Å². The van der Waals surface area contributed by atoms with Gasteiger partial charge in [0.2, 0.25) is 0 Å². The molecule has 3 nitrogen and oxygen atoms in total. The lowest BCUT2D eigenvalue weighted by Gasteiger charge is -2.08. The lowest BCUT2D eigenvalue weighted by molar-refractivity contribution is 0.563. The second kappa shape index (κ2) is 6.56. The van der Waals surface area contributed by atoms with Gasteiger partial charge in [0, 0.05) is 22.6 Å². The Morgan fingerprint density at radius 3 is 2.23 bits per heavy atom. The summed E-state index contributed by atoms with van der Waals surface area (Å²) in [6, 6.07) is 21.9. The van der Waals surface area contributed by atoms with E-state index in [1.807, 2.05) is 56.3 Å². The maximum absolute atomic E-state index is 11.5. The number of benzene rings is 3. The molecule has 0 amide bonds. The minimum Gasteiger partial charge on any atom is -0.456 e. The Bertz CT molecular complexity index is 1130. The molecule has 0 aliphatic carbocycles. The SMILES string of the molecule is Cc1cc2c(C)c(-c3ccccc3-c3ccccc3)oc2cc1S(=O)O. The Balaban J connectivity index is 1.96. The van der Waals surface area contributed by atoms with Crippen LogP contribution in [0.2, 0.25) is 0 Å². The van der Waals surface area contributed by atoms with E-state index in [9.17, 15) is 8.76 Å². The molecule has 0 fully saturated rings. The molecule has 1 aromatic heterocycles. The van der Waals surface area contributed by atoms with E-state index in [0.29, 0.717) is 10.5 Å². The molecular formula is C22H18O3S. The van der Waals surface area contributed by atoms with Gasteiger partial charge >= 0.3 is 0 Å². The molecule has 4 heteroatoms. The zero-order valence-corrected chi connectivity index (χ0v) is 15.3. The first-order valence-electron chi connectivity index (χ1n) is 8.35. The average molecular weight is 362 g/mol. The van der Waals surface area contributed by atoms with Gasteiger partial charge in [-0.2, -0.15) is 0 Å². The summed E-state index contributed by atoms with van der Waals surface area (Å²) in [6.45, 7) is 3.87. The van der Waals surface area contributed by atoms with Crippen LogP contribution >= 0.6 is 0 Å². The minimum atomic E-state index is -2.03. The maximum atomic E-state index is 11.5. The molecule has 0 saturated carbocycles. The third-order valence-corrected chi connectivity index (χ3v) is 5.49. The molecule has 1 N–H and O–H groups in total. The summed E-state index contributed by atoms with van der Waals surface area (Å²) in [7, 11) is 0. The van der Waals surface area contributed by atoms with Gasteiger partial charge in [0.1, 0.15) is 11.3 Å². The summed E-state index contributed by atoms with van der Waals surface area (Å²) >= 11 is -2.03.